The van der Waals surface area contributed by atoms with Crippen molar-refractivity contribution in [2.24, 2.45) is 0 Å². The number of rotatable bonds is 5. The molecule has 3 N–H and O–H groups in total. The van der Waals surface area contributed by atoms with Crippen LogP contribution in [-0.2, 0) is 4.79 Å². The molecule has 0 unspecified atom stereocenters. The fourth-order valence-electron chi connectivity index (χ4n) is 3.34. The van der Waals surface area contributed by atoms with Crippen LogP contribution in [0.2, 0.25) is 10.0 Å². The van der Waals surface area contributed by atoms with Crippen molar-refractivity contribution in [2.75, 3.05) is 25.0 Å². The summed E-state index contributed by atoms with van der Waals surface area (Å²) in [6.45, 7) is 4.02. The molecule has 3 rings (SSSR count). The zero-order valence-corrected chi connectivity index (χ0v) is 17.2. The van der Waals surface area contributed by atoms with E-state index in [1.54, 1.807) is 18.2 Å². The number of halogens is 2. The van der Waals surface area contributed by atoms with Gasteiger partial charge in [0.05, 0.1) is 28.8 Å². The molecule has 7 heteroatoms. The zero-order valence-electron chi connectivity index (χ0n) is 15.7. The van der Waals surface area contributed by atoms with Crippen molar-refractivity contribution < 1.29 is 14.5 Å². The quantitative estimate of drug-likeness (QED) is 0.696. The van der Waals surface area contributed by atoms with Gasteiger partial charge in [-0.3, -0.25) is 9.59 Å². The van der Waals surface area contributed by atoms with Gasteiger partial charge in [-0.05, 0) is 31.2 Å². The van der Waals surface area contributed by atoms with E-state index in [9.17, 15) is 9.59 Å². The van der Waals surface area contributed by atoms with Crippen LogP contribution in [0.25, 0.3) is 0 Å². The maximum atomic E-state index is 12.3. The summed E-state index contributed by atoms with van der Waals surface area (Å²) in [7, 11) is 0. The highest BCUT2D eigenvalue weighted by Crippen LogP contribution is 2.29. The highest BCUT2D eigenvalue weighted by molar-refractivity contribution is 6.43. The Balaban J connectivity index is 1.44. The van der Waals surface area contributed by atoms with Crippen LogP contribution in [0.5, 0.6) is 0 Å². The van der Waals surface area contributed by atoms with Crippen LogP contribution in [0.4, 0.5) is 5.69 Å². The lowest BCUT2D eigenvalue weighted by Crippen LogP contribution is -3.14. The summed E-state index contributed by atoms with van der Waals surface area (Å²) in [5.41, 5.74) is 2.34. The van der Waals surface area contributed by atoms with E-state index in [-0.39, 0.29) is 17.9 Å². The number of benzene rings is 2. The Hall–Kier alpha value is -2.08. The van der Waals surface area contributed by atoms with Gasteiger partial charge in [0.1, 0.15) is 0 Å². The van der Waals surface area contributed by atoms with Crippen molar-refractivity contribution in [2.45, 2.75) is 25.8 Å². The molecule has 1 fully saturated rings. The van der Waals surface area contributed by atoms with Gasteiger partial charge in [0.25, 0.3) is 11.8 Å². The van der Waals surface area contributed by atoms with E-state index < -0.39 is 0 Å². The third-order valence-electron chi connectivity index (χ3n) is 4.98. The summed E-state index contributed by atoms with van der Waals surface area (Å²) < 4.78 is 0. The van der Waals surface area contributed by atoms with Gasteiger partial charge < -0.3 is 15.5 Å². The van der Waals surface area contributed by atoms with Gasteiger partial charge in [0, 0.05) is 24.4 Å². The first kappa shape index (κ1) is 20.6. The van der Waals surface area contributed by atoms with E-state index >= 15 is 0 Å². The fraction of sp³-hybridized carbons (Fsp3) is 0.333. The number of quaternary nitrogens is 1. The number of carbonyl (C=O) groups is 2. The molecule has 0 radical (unpaired) electrons. The van der Waals surface area contributed by atoms with Gasteiger partial charge in [-0.25, -0.2) is 0 Å². The predicted octanol–water partition coefficient (Wildman–Crippen LogP) is 2.72. The van der Waals surface area contributed by atoms with E-state index in [1.165, 1.54) is 4.90 Å². The molecule has 2 amide bonds. The molecule has 0 bridgehead atoms. The number of amides is 2. The first-order valence-corrected chi connectivity index (χ1v) is 10.1. The smallest absolute Gasteiger partial charge is 0.279 e. The van der Waals surface area contributed by atoms with Crippen molar-refractivity contribution in [1.29, 1.82) is 0 Å². The minimum absolute atomic E-state index is 0.0400. The number of anilines is 1. The van der Waals surface area contributed by atoms with E-state index in [2.05, 4.69) is 10.6 Å². The van der Waals surface area contributed by atoms with Crippen LogP contribution in [-0.4, -0.2) is 37.5 Å². The molecule has 0 spiro atoms. The van der Waals surface area contributed by atoms with Crippen LogP contribution in [0, 0.1) is 6.92 Å². The molecule has 5 nitrogen and oxygen atoms in total. The Morgan fingerprint density at radius 1 is 1.07 bits per heavy atom. The van der Waals surface area contributed by atoms with E-state index in [4.69, 9.17) is 23.2 Å². The van der Waals surface area contributed by atoms with Crippen molar-refractivity contribution in [1.82, 2.24) is 5.32 Å². The first-order chi connectivity index (χ1) is 13.4. The number of hydrogen-bond acceptors (Lipinski definition) is 2. The summed E-state index contributed by atoms with van der Waals surface area (Å²) in [6.07, 6.45) is 1.69. The van der Waals surface area contributed by atoms with Crippen molar-refractivity contribution in [3.05, 3.63) is 63.6 Å². The molecule has 148 valence electrons. The largest absolute Gasteiger partial charge is 0.349 e. The van der Waals surface area contributed by atoms with Gasteiger partial charge in [0.15, 0.2) is 6.54 Å². The highest BCUT2D eigenvalue weighted by atomic mass is 35.5. The molecule has 0 saturated carbocycles. The summed E-state index contributed by atoms with van der Waals surface area (Å²) in [6, 6.07) is 12.9. The van der Waals surface area contributed by atoms with E-state index in [0.29, 0.717) is 27.8 Å². The van der Waals surface area contributed by atoms with Gasteiger partial charge in [0.2, 0.25) is 0 Å². The minimum atomic E-state index is -0.0960. The zero-order chi connectivity index (χ0) is 20.1. The maximum absolute atomic E-state index is 12.3. The van der Waals surface area contributed by atoms with E-state index in [1.807, 2.05) is 31.2 Å². The molecule has 28 heavy (non-hydrogen) atoms. The Morgan fingerprint density at radius 3 is 2.43 bits per heavy atom. The lowest BCUT2D eigenvalue weighted by atomic mass is 10.0. The van der Waals surface area contributed by atoms with Gasteiger partial charge >= 0.3 is 0 Å². The van der Waals surface area contributed by atoms with Crippen LogP contribution in [0.1, 0.15) is 28.8 Å². The van der Waals surface area contributed by atoms with Crippen LogP contribution in [0.3, 0.4) is 0 Å². The number of nitrogens with one attached hydrogen (secondary N) is 3. The number of aryl methyl sites for hydroxylation is 1. The molecule has 1 aliphatic rings. The molecular weight excluding hydrogens is 397 g/mol. The van der Waals surface area contributed by atoms with Gasteiger partial charge in [-0.1, -0.05) is 47.0 Å². The molecule has 2 aromatic rings. The number of likely N-dealkylation sites (tertiary alicyclic amines) is 1. The van der Waals surface area contributed by atoms with Crippen LogP contribution < -0.4 is 15.5 Å². The second-order valence-corrected chi connectivity index (χ2v) is 7.98. The van der Waals surface area contributed by atoms with Crippen molar-refractivity contribution in [3.8, 4) is 0 Å². The van der Waals surface area contributed by atoms with Crippen LogP contribution >= 0.6 is 23.2 Å². The molecule has 1 heterocycles. The molecule has 0 atom stereocenters. The summed E-state index contributed by atoms with van der Waals surface area (Å²) >= 11 is 12.1. The van der Waals surface area contributed by atoms with Crippen LogP contribution in [0.15, 0.2) is 42.5 Å². The number of hydrogen-bond donors (Lipinski definition) is 3. The molecule has 1 saturated heterocycles. The average Bonchev–Trinajstić information content (AvgIpc) is 2.67. The fourth-order valence-corrected chi connectivity index (χ4v) is 3.69. The third-order valence-corrected chi connectivity index (χ3v) is 5.80. The molecular formula is C21H24Cl2N3O2+. The first-order valence-electron chi connectivity index (χ1n) is 9.37. The third kappa shape index (κ3) is 5.47. The topological polar surface area (TPSA) is 62.6 Å². The van der Waals surface area contributed by atoms with E-state index in [0.717, 1.165) is 31.5 Å². The molecule has 1 aliphatic heterocycles. The second kappa shape index (κ2) is 9.41. The Kier molecular flexibility index (Phi) is 6.94. The maximum Gasteiger partial charge on any atom is 0.279 e. The van der Waals surface area contributed by atoms with Gasteiger partial charge in [-0.15, -0.1) is 0 Å². The molecule has 0 aromatic heterocycles. The Labute approximate surface area is 175 Å². The van der Waals surface area contributed by atoms with Gasteiger partial charge in [-0.2, -0.15) is 0 Å². The molecule has 0 aliphatic carbocycles. The lowest BCUT2D eigenvalue weighted by Gasteiger charge is -2.29. The summed E-state index contributed by atoms with van der Waals surface area (Å²) in [4.78, 5) is 25.8. The van der Waals surface area contributed by atoms with Crippen molar-refractivity contribution in [3.63, 3.8) is 0 Å². The predicted molar refractivity (Wildman–Crippen MR) is 112 cm³/mol. The normalized spacial score (nSPS) is 19.1. The average molecular weight is 421 g/mol. The Bertz CT molecular complexity index is 847. The lowest BCUT2D eigenvalue weighted by molar-refractivity contribution is -0.897. The minimum Gasteiger partial charge on any atom is -0.349 e. The van der Waals surface area contributed by atoms with Crippen molar-refractivity contribution >= 4 is 40.7 Å². The SMILES string of the molecule is Cc1ccc(C(=O)NC2CC[NH+](CC(=O)Nc3cccc(Cl)c3Cl)CC2)cc1. The summed E-state index contributed by atoms with van der Waals surface area (Å²) in [5.74, 6) is -0.136. The number of carbonyl (C=O) groups excluding carboxylic acids is 2. The summed E-state index contributed by atoms with van der Waals surface area (Å²) in [5, 5.41) is 6.68. The molecule has 2 aromatic carbocycles. The Morgan fingerprint density at radius 2 is 1.75 bits per heavy atom. The number of piperidine rings is 1. The second-order valence-electron chi connectivity index (χ2n) is 7.19. The standard InChI is InChI=1S/C21H23Cl2N3O2/c1-14-5-7-15(8-6-14)21(28)24-16-9-11-26(12-10-16)13-19(27)25-18-4-2-3-17(22)20(18)23/h2-8,16H,9-13H2,1H3,(H,24,28)(H,25,27)/p+1. The monoisotopic (exact) mass is 420 g/mol. The highest BCUT2D eigenvalue weighted by Gasteiger charge is 2.25.